The minimum absolute atomic E-state index is 0.130. The third-order valence-electron chi connectivity index (χ3n) is 6.66. The molecule has 2 aromatic carbocycles. The molecule has 2 N–H and O–H groups in total. The fourth-order valence-electron chi connectivity index (χ4n) is 4.91. The first-order valence-electron chi connectivity index (χ1n) is 11.4. The van der Waals surface area contributed by atoms with Gasteiger partial charge in [0.05, 0.1) is 12.7 Å². The van der Waals surface area contributed by atoms with Gasteiger partial charge in [-0.05, 0) is 43.4 Å². The quantitative estimate of drug-likeness (QED) is 0.522. The number of carbonyl (C=O) groups is 2. The highest BCUT2D eigenvalue weighted by Crippen LogP contribution is 2.41. The first-order chi connectivity index (χ1) is 16.2. The van der Waals surface area contributed by atoms with Gasteiger partial charge in [-0.1, -0.05) is 36.4 Å². The van der Waals surface area contributed by atoms with Gasteiger partial charge in [0.25, 0.3) is 5.91 Å². The lowest BCUT2D eigenvalue weighted by Crippen LogP contribution is -2.46. The minimum atomic E-state index is -0.311. The third kappa shape index (κ3) is 4.26. The Labute approximate surface area is 193 Å². The summed E-state index contributed by atoms with van der Waals surface area (Å²) in [4.78, 5) is 24.9. The second-order valence-electron chi connectivity index (χ2n) is 8.64. The first kappa shape index (κ1) is 21.7. The van der Waals surface area contributed by atoms with Crippen molar-refractivity contribution in [3.63, 3.8) is 0 Å². The van der Waals surface area contributed by atoms with Crippen molar-refractivity contribution in [1.82, 2.24) is 5.32 Å². The molecule has 1 saturated heterocycles. The van der Waals surface area contributed by atoms with Crippen molar-refractivity contribution in [2.24, 2.45) is 5.92 Å². The van der Waals surface area contributed by atoms with Crippen molar-refractivity contribution in [2.75, 3.05) is 32.2 Å². The maximum Gasteiger partial charge on any atom is 0.323 e. The number of hydrogen-bond acceptors (Lipinski definition) is 6. The van der Waals surface area contributed by atoms with Crippen molar-refractivity contribution >= 4 is 28.9 Å². The number of esters is 1. The van der Waals surface area contributed by atoms with Crippen LogP contribution in [0.3, 0.4) is 0 Å². The molecule has 0 aliphatic carbocycles. The summed E-state index contributed by atoms with van der Waals surface area (Å²) in [6.07, 6.45) is 2.49. The molecule has 3 heterocycles. The summed E-state index contributed by atoms with van der Waals surface area (Å²) in [7, 11) is 1.44. The van der Waals surface area contributed by atoms with Gasteiger partial charge < -0.3 is 24.8 Å². The molecular formula is C26H28N2O5. The molecule has 0 bridgehead atoms. The molecule has 7 nitrogen and oxygen atoms in total. The molecule has 0 saturated carbocycles. The van der Waals surface area contributed by atoms with E-state index in [0.717, 1.165) is 47.2 Å². The van der Waals surface area contributed by atoms with E-state index in [9.17, 15) is 9.59 Å². The topological polar surface area (TPSA) is 85.9 Å². The Morgan fingerprint density at radius 2 is 2.00 bits per heavy atom. The molecule has 0 radical (unpaired) electrons. The van der Waals surface area contributed by atoms with Crippen molar-refractivity contribution in [3.8, 4) is 0 Å². The summed E-state index contributed by atoms with van der Waals surface area (Å²) >= 11 is 0. The van der Waals surface area contributed by atoms with E-state index in [-0.39, 0.29) is 23.8 Å². The second kappa shape index (κ2) is 9.37. The molecule has 7 heteroatoms. The molecule has 2 aromatic rings. The van der Waals surface area contributed by atoms with Gasteiger partial charge in [0, 0.05) is 35.6 Å². The van der Waals surface area contributed by atoms with Crippen molar-refractivity contribution < 1.29 is 23.8 Å². The standard InChI is InChI=1S/C26H28N2O5/c1-31-26(30)23(17-9-12-32-13-10-17)27-11-8-16-6-7-19-18(14-16)15-33-24(19)22-20-4-2-3-5-21(20)28-25(22)29/h2-7,14,17,23,27H,8-13,15H2,1H3,(H,28,29)/b24-22+. The molecule has 1 amide bonds. The van der Waals surface area contributed by atoms with Gasteiger partial charge in [0.15, 0.2) is 0 Å². The normalized spacial score (nSPS) is 20.6. The average Bonchev–Trinajstić information content (AvgIpc) is 3.41. The largest absolute Gasteiger partial charge is 0.487 e. The molecule has 0 spiro atoms. The Balaban J connectivity index is 1.29. The summed E-state index contributed by atoms with van der Waals surface area (Å²) < 4.78 is 16.4. The van der Waals surface area contributed by atoms with Crippen molar-refractivity contribution in [2.45, 2.75) is 31.9 Å². The summed E-state index contributed by atoms with van der Waals surface area (Å²) in [5.74, 6) is 0.529. The van der Waals surface area contributed by atoms with Crippen molar-refractivity contribution in [1.29, 1.82) is 0 Å². The van der Waals surface area contributed by atoms with Crippen LogP contribution >= 0.6 is 0 Å². The van der Waals surface area contributed by atoms with Crippen LogP contribution in [0.2, 0.25) is 0 Å². The number of hydrogen-bond donors (Lipinski definition) is 2. The lowest BCUT2D eigenvalue weighted by molar-refractivity contribution is -0.145. The number of rotatable bonds is 6. The SMILES string of the molecule is COC(=O)C(NCCc1ccc2c(c1)CO/C2=C1/C(=O)Nc2ccccc21)C1CCOCC1. The zero-order chi connectivity index (χ0) is 22.8. The Bertz CT molecular complexity index is 1100. The molecule has 3 aliphatic heterocycles. The van der Waals surface area contributed by atoms with Crippen LogP contribution in [0.1, 0.15) is 35.1 Å². The molecule has 1 unspecified atom stereocenters. The predicted molar refractivity (Wildman–Crippen MR) is 124 cm³/mol. The van der Waals surface area contributed by atoms with Crippen LogP contribution < -0.4 is 10.6 Å². The van der Waals surface area contributed by atoms with Crippen LogP contribution in [0.4, 0.5) is 5.69 Å². The van der Waals surface area contributed by atoms with Gasteiger partial charge >= 0.3 is 5.97 Å². The molecule has 33 heavy (non-hydrogen) atoms. The fourth-order valence-corrected chi connectivity index (χ4v) is 4.91. The smallest absolute Gasteiger partial charge is 0.323 e. The lowest BCUT2D eigenvalue weighted by atomic mass is 9.91. The summed E-state index contributed by atoms with van der Waals surface area (Å²) in [6, 6.07) is 13.6. The number of anilines is 1. The predicted octanol–water partition coefficient (Wildman–Crippen LogP) is 3.14. The number of nitrogens with one attached hydrogen (secondary N) is 2. The number of benzene rings is 2. The van der Waals surface area contributed by atoms with E-state index in [1.165, 1.54) is 7.11 Å². The zero-order valence-corrected chi connectivity index (χ0v) is 18.7. The summed E-state index contributed by atoms with van der Waals surface area (Å²) in [5, 5.41) is 6.32. The zero-order valence-electron chi connectivity index (χ0n) is 18.7. The van der Waals surface area contributed by atoms with Crippen LogP contribution in [0.25, 0.3) is 11.3 Å². The molecular weight excluding hydrogens is 420 g/mol. The van der Waals surface area contributed by atoms with E-state index in [1.54, 1.807) is 0 Å². The molecule has 1 fully saturated rings. The summed E-state index contributed by atoms with van der Waals surface area (Å²) in [5.41, 5.74) is 5.47. The molecule has 0 aromatic heterocycles. The van der Waals surface area contributed by atoms with E-state index >= 15 is 0 Å². The van der Waals surface area contributed by atoms with Gasteiger partial charge in [0.2, 0.25) is 0 Å². The third-order valence-corrected chi connectivity index (χ3v) is 6.66. The van der Waals surface area contributed by atoms with Crippen LogP contribution in [0.15, 0.2) is 42.5 Å². The van der Waals surface area contributed by atoms with E-state index < -0.39 is 0 Å². The minimum Gasteiger partial charge on any atom is -0.487 e. The fraction of sp³-hybridized carbons (Fsp3) is 0.385. The number of ether oxygens (including phenoxy) is 3. The van der Waals surface area contributed by atoms with Gasteiger partial charge in [-0.3, -0.25) is 9.59 Å². The average molecular weight is 449 g/mol. The van der Waals surface area contributed by atoms with Crippen LogP contribution in [0, 0.1) is 5.92 Å². The molecule has 172 valence electrons. The maximum absolute atomic E-state index is 12.6. The Hall–Kier alpha value is -3.16. The van der Waals surface area contributed by atoms with Crippen LogP contribution in [-0.4, -0.2) is 44.8 Å². The molecule has 3 aliphatic rings. The Kier molecular flexibility index (Phi) is 6.15. The number of para-hydroxylation sites is 1. The number of methoxy groups -OCH3 is 1. The van der Waals surface area contributed by atoms with Gasteiger partial charge in [-0.15, -0.1) is 0 Å². The van der Waals surface area contributed by atoms with E-state index in [0.29, 0.717) is 37.7 Å². The van der Waals surface area contributed by atoms with Crippen LogP contribution in [0.5, 0.6) is 0 Å². The number of carbonyl (C=O) groups excluding carboxylic acids is 2. The highest BCUT2D eigenvalue weighted by molar-refractivity contribution is 6.36. The maximum atomic E-state index is 12.6. The monoisotopic (exact) mass is 448 g/mol. The van der Waals surface area contributed by atoms with E-state index in [4.69, 9.17) is 14.2 Å². The lowest BCUT2D eigenvalue weighted by Gasteiger charge is -2.29. The van der Waals surface area contributed by atoms with Gasteiger partial charge in [-0.25, -0.2) is 0 Å². The number of amides is 1. The number of fused-ring (bicyclic) bond motifs is 2. The second-order valence-corrected chi connectivity index (χ2v) is 8.64. The van der Waals surface area contributed by atoms with Crippen LogP contribution in [-0.2, 0) is 36.8 Å². The highest BCUT2D eigenvalue weighted by atomic mass is 16.5. The first-order valence-corrected chi connectivity index (χ1v) is 11.4. The Morgan fingerprint density at radius 1 is 1.18 bits per heavy atom. The van der Waals surface area contributed by atoms with Gasteiger partial charge in [0.1, 0.15) is 18.4 Å². The van der Waals surface area contributed by atoms with Gasteiger partial charge in [-0.2, -0.15) is 0 Å². The highest BCUT2D eigenvalue weighted by Gasteiger charge is 2.33. The van der Waals surface area contributed by atoms with E-state index in [1.807, 2.05) is 30.3 Å². The Morgan fingerprint density at radius 3 is 2.82 bits per heavy atom. The van der Waals surface area contributed by atoms with Crippen molar-refractivity contribution in [3.05, 3.63) is 64.7 Å². The van der Waals surface area contributed by atoms with E-state index in [2.05, 4.69) is 22.8 Å². The molecule has 5 rings (SSSR count). The summed E-state index contributed by atoms with van der Waals surface area (Å²) in [6.45, 7) is 2.48. The molecule has 1 atom stereocenters.